The minimum absolute atomic E-state index is 0.292. The van der Waals surface area contributed by atoms with E-state index in [1.807, 2.05) is 0 Å². The third-order valence-corrected chi connectivity index (χ3v) is 3.44. The summed E-state index contributed by atoms with van der Waals surface area (Å²) in [5.41, 5.74) is 2.50. The summed E-state index contributed by atoms with van der Waals surface area (Å²) in [7, 11) is 0. The number of nitrogens with zero attached hydrogens (tertiary/aromatic N) is 1. The highest BCUT2D eigenvalue weighted by atomic mass is 32.2. The summed E-state index contributed by atoms with van der Waals surface area (Å²) in [4.78, 5) is 5.70. The molecule has 17 heavy (non-hydrogen) atoms. The van der Waals surface area contributed by atoms with Gasteiger partial charge in [0.15, 0.2) is 0 Å². The van der Waals surface area contributed by atoms with E-state index in [1.54, 1.807) is 11.9 Å². The fraction of sp³-hybridized carbons (Fsp3) is 0.462. The minimum atomic E-state index is 0.292. The SMILES string of the molecule is CC(C)N=C1NSc2ccc(C(C)C)cc2N1. The van der Waals surface area contributed by atoms with Crippen LogP contribution in [-0.2, 0) is 0 Å². The average molecular weight is 249 g/mol. The van der Waals surface area contributed by atoms with Gasteiger partial charge in [-0.1, -0.05) is 19.9 Å². The number of benzene rings is 1. The predicted octanol–water partition coefficient (Wildman–Crippen LogP) is 3.60. The second-order valence-electron chi connectivity index (χ2n) is 4.81. The first-order valence-electron chi connectivity index (χ1n) is 5.98. The van der Waals surface area contributed by atoms with Crippen LogP contribution in [0.4, 0.5) is 5.69 Å². The third kappa shape index (κ3) is 2.94. The standard InChI is InChI=1S/C13H19N3S/c1-8(2)10-5-6-12-11(7-10)15-13(16-17-12)14-9(3)4/h5-9H,1-4H3,(H2,14,15,16). The van der Waals surface area contributed by atoms with E-state index in [-0.39, 0.29) is 0 Å². The van der Waals surface area contributed by atoms with Crippen molar-refractivity contribution in [3.63, 3.8) is 0 Å². The lowest BCUT2D eigenvalue weighted by molar-refractivity contribution is 0.830. The molecule has 1 aliphatic heterocycles. The molecule has 0 saturated carbocycles. The fourth-order valence-corrected chi connectivity index (χ4v) is 2.33. The fourth-order valence-electron chi connectivity index (χ4n) is 1.67. The molecule has 0 atom stereocenters. The molecule has 0 radical (unpaired) electrons. The van der Waals surface area contributed by atoms with E-state index in [9.17, 15) is 0 Å². The Kier molecular flexibility index (Phi) is 3.62. The molecule has 0 aromatic heterocycles. The average Bonchev–Trinajstić information content (AvgIpc) is 2.27. The van der Waals surface area contributed by atoms with Crippen molar-refractivity contribution < 1.29 is 0 Å². The molecule has 0 spiro atoms. The van der Waals surface area contributed by atoms with Gasteiger partial charge in [0.25, 0.3) is 0 Å². The Hall–Kier alpha value is -1.16. The highest BCUT2D eigenvalue weighted by molar-refractivity contribution is 7.98. The minimum Gasteiger partial charge on any atom is -0.325 e. The molecule has 1 aromatic rings. The first kappa shape index (κ1) is 12.3. The first-order chi connectivity index (χ1) is 8.06. The van der Waals surface area contributed by atoms with Crippen molar-refractivity contribution in [2.75, 3.05) is 5.32 Å². The van der Waals surface area contributed by atoms with Crippen molar-refractivity contribution in [3.05, 3.63) is 23.8 Å². The second kappa shape index (κ2) is 5.00. The summed E-state index contributed by atoms with van der Waals surface area (Å²) in [5, 5.41) is 3.34. The van der Waals surface area contributed by atoms with Gasteiger partial charge in [0.1, 0.15) is 0 Å². The van der Waals surface area contributed by atoms with Crippen LogP contribution in [0.15, 0.2) is 28.1 Å². The number of anilines is 1. The highest BCUT2D eigenvalue weighted by Gasteiger charge is 2.14. The normalized spacial score (nSPS) is 16.9. The van der Waals surface area contributed by atoms with E-state index in [1.165, 1.54) is 10.5 Å². The summed E-state index contributed by atoms with van der Waals surface area (Å²) in [5.74, 6) is 1.39. The second-order valence-corrected chi connectivity index (χ2v) is 5.66. The van der Waals surface area contributed by atoms with Gasteiger partial charge in [0, 0.05) is 6.04 Å². The summed E-state index contributed by atoms with van der Waals surface area (Å²) in [6.45, 7) is 8.56. The van der Waals surface area contributed by atoms with Gasteiger partial charge in [0.2, 0.25) is 5.96 Å². The van der Waals surface area contributed by atoms with E-state index < -0.39 is 0 Å². The van der Waals surface area contributed by atoms with E-state index in [0.29, 0.717) is 12.0 Å². The molecule has 1 aliphatic rings. The van der Waals surface area contributed by atoms with Crippen LogP contribution in [0.2, 0.25) is 0 Å². The van der Waals surface area contributed by atoms with Crippen molar-refractivity contribution in [1.29, 1.82) is 0 Å². The number of fused-ring (bicyclic) bond motifs is 1. The molecule has 92 valence electrons. The maximum absolute atomic E-state index is 4.48. The van der Waals surface area contributed by atoms with Gasteiger partial charge in [-0.25, -0.2) is 4.99 Å². The Morgan fingerprint density at radius 2 is 1.94 bits per heavy atom. The molecule has 3 nitrogen and oxygen atoms in total. The first-order valence-corrected chi connectivity index (χ1v) is 6.79. The van der Waals surface area contributed by atoms with Crippen molar-refractivity contribution in [2.24, 2.45) is 4.99 Å². The van der Waals surface area contributed by atoms with Gasteiger partial charge in [-0.05, 0) is 49.4 Å². The molecule has 2 rings (SSSR count). The van der Waals surface area contributed by atoms with Crippen LogP contribution in [0.1, 0.15) is 39.2 Å². The summed E-state index contributed by atoms with van der Waals surface area (Å²) in [6.07, 6.45) is 0. The lowest BCUT2D eigenvalue weighted by Crippen LogP contribution is -2.30. The van der Waals surface area contributed by atoms with Gasteiger partial charge >= 0.3 is 0 Å². The topological polar surface area (TPSA) is 36.4 Å². The zero-order valence-corrected chi connectivity index (χ0v) is 11.6. The van der Waals surface area contributed by atoms with Crippen molar-refractivity contribution in [3.8, 4) is 0 Å². The Labute approximate surface area is 107 Å². The number of hydrogen-bond donors (Lipinski definition) is 2. The van der Waals surface area contributed by atoms with E-state index >= 15 is 0 Å². The molecule has 0 fully saturated rings. The lowest BCUT2D eigenvalue weighted by atomic mass is 10.0. The molecule has 0 unspecified atom stereocenters. The molecule has 0 amide bonds. The number of nitrogens with one attached hydrogen (secondary N) is 2. The van der Waals surface area contributed by atoms with Gasteiger partial charge < -0.3 is 5.32 Å². The Balaban J connectivity index is 2.26. The number of aliphatic imine (C=N–C) groups is 1. The van der Waals surface area contributed by atoms with E-state index in [2.05, 4.69) is 60.9 Å². The highest BCUT2D eigenvalue weighted by Crippen LogP contribution is 2.31. The van der Waals surface area contributed by atoms with Gasteiger partial charge in [0.05, 0.1) is 10.6 Å². The van der Waals surface area contributed by atoms with E-state index in [4.69, 9.17) is 0 Å². The van der Waals surface area contributed by atoms with Crippen LogP contribution in [0.5, 0.6) is 0 Å². The van der Waals surface area contributed by atoms with Crippen LogP contribution < -0.4 is 10.0 Å². The van der Waals surface area contributed by atoms with Crippen molar-refractivity contribution in [1.82, 2.24) is 4.72 Å². The largest absolute Gasteiger partial charge is 0.325 e. The molecule has 0 bridgehead atoms. The van der Waals surface area contributed by atoms with Crippen molar-refractivity contribution >= 4 is 23.6 Å². The molecule has 4 heteroatoms. The summed E-state index contributed by atoms with van der Waals surface area (Å²) < 4.78 is 3.21. The maximum Gasteiger partial charge on any atom is 0.206 e. The zero-order valence-electron chi connectivity index (χ0n) is 10.7. The molecule has 0 saturated heterocycles. The predicted molar refractivity (Wildman–Crippen MR) is 75.7 cm³/mol. The van der Waals surface area contributed by atoms with Crippen LogP contribution in [-0.4, -0.2) is 12.0 Å². The van der Waals surface area contributed by atoms with E-state index in [0.717, 1.165) is 11.6 Å². The number of hydrogen-bond acceptors (Lipinski definition) is 2. The van der Waals surface area contributed by atoms with Gasteiger partial charge in [-0.15, -0.1) is 0 Å². The van der Waals surface area contributed by atoms with Crippen LogP contribution in [0.3, 0.4) is 0 Å². The molecular weight excluding hydrogens is 230 g/mol. The maximum atomic E-state index is 4.48. The third-order valence-electron chi connectivity index (χ3n) is 2.57. The monoisotopic (exact) mass is 249 g/mol. The molecule has 2 N–H and O–H groups in total. The molecule has 0 aliphatic carbocycles. The summed E-state index contributed by atoms with van der Waals surface area (Å²) >= 11 is 1.62. The van der Waals surface area contributed by atoms with Crippen LogP contribution >= 0.6 is 11.9 Å². The van der Waals surface area contributed by atoms with Crippen LogP contribution in [0, 0.1) is 0 Å². The Morgan fingerprint density at radius 3 is 2.59 bits per heavy atom. The zero-order chi connectivity index (χ0) is 12.4. The molecular formula is C13H19N3S. The smallest absolute Gasteiger partial charge is 0.206 e. The van der Waals surface area contributed by atoms with Crippen LogP contribution in [0.25, 0.3) is 0 Å². The number of guanidine groups is 1. The Bertz CT molecular complexity index is 438. The Morgan fingerprint density at radius 1 is 1.18 bits per heavy atom. The number of rotatable bonds is 2. The van der Waals surface area contributed by atoms with Crippen molar-refractivity contribution in [2.45, 2.75) is 44.6 Å². The molecule has 1 aromatic carbocycles. The quantitative estimate of drug-likeness (QED) is 0.786. The van der Waals surface area contributed by atoms with Gasteiger partial charge in [-0.3, -0.25) is 4.72 Å². The molecule has 1 heterocycles. The summed E-state index contributed by atoms with van der Waals surface area (Å²) in [6, 6.07) is 6.84. The van der Waals surface area contributed by atoms with Gasteiger partial charge in [-0.2, -0.15) is 0 Å². The lowest BCUT2D eigenvalue weighted by Gasteiger charge is -2.22.